The van der Waals surface area contributed by atoms with Crippen LogP contribution in [0.1, 0.15) is 132 Å². The molecular formula is C41H68O16. The number of hydrogen-bond donors (Lipinski definition) is 0. The highest BCUT2D eigenvalue weighted by Crippen LogP contribution is 2.43. The van der Waals surface area contributed by atoms with E-state index in [1.807, 2.05) is 0 Å². The van der Waals surface area contributed by atoms with Gasteiger partial charge in [-0.05, 0) is 112 Å². The maximum atomic E-state index is 12.9. The summed E-state index contributed by atoms with van der Waals surface area (Å²) in [5.74, 6) is -10.5. The molecule has 0 aliphatic carbocycles. The van der Waals surface area contributed by atoms with E-state index in [4.69, 9.17) is 37.9 Å². The third kappa shape index (κ3) is 20.1. The van der Waals surface area contributed by atoms with Crippen LogP contribution in [0.5, 0.6) is 0 Å². The Kier molecular flexibility index (Phi) is 28.5. The fourth-order valence-electron chi connectivity index (χ4n) is 6.75. The molecule has 0 aromatic heterocycles. The van der Waals surface area contributed by atoms with Crippen LogP contribution >= 0.6 is 0 Å². The molecule has 0 aromatic carbocycles. The molecule has 0 unspecified atom stereocenters. The normalized spacial score (nSPS) is 11.3. The molecule has 0 aliphatic rings. The standard InChI is InChI=1S/C41H68O16/c1-9-50-33(42)29(34(43)51-10-2)21-17-25-41(26-18-22-30(35(44)52-11-3)36(45)53-12-4,27-19-23-31(37(46)54-13-5)38(47)55-14-6)28-20-24-32(39(48)56-15-7)40(49)57-16-8/h29-32H,9-28H2,1-8H3. The van der Waals surface area contributed by atoms with Gasteiger partial charge in [-0.25, -0.2) is 0 Å². The molecule has 0 spiro atoms. The molecule has 0 N–H and O–H groups in total. The van der Waals surface area contributed by atoms with Gasteiger partial charge in [0.1, 0.15) is 0 Å². The Labute approximate surface area is 338 Å². The van der Waals surface area contributed by atoms with Crippen molar-refractivity contribution in [1.82, 2.24) is 0 Å². The monoisotopic (exact) mass is 816 g/mol. The lowest BCUT2D eigenvalue weighted by atomic mass is 9.69. The zero-order valence-electron chi connectivity index (χ0n) is 35.5. The fraction of sp³-hybridized carbons (Fsp3) is 0.805. The van der Waals surface area contributed by atoms with E-state index in [-0.39, 0.29) is 78.5 Å². The van der Waals surface area contributed by atoms with Crippen LogP contribution in [-0.4, -0.2) is 101 Å². The van der Waals surface area contributed by atoms with E-state index in [1.165, 1.54) is 0 Å². The fourth-order valence-corrected chi connectivity index (χ4v) is 6.75. The Bertz CT molecular complexity index is 986. The summed E-state index contributed by atoms with van der Waals surface area (Å²) in [7, 11) is 0. The molecule has 0 rings (SSSR count). The molecule has 0 aromatic rings. The second-order valence-electron chi connectivity index (χ2n) is 13.3. The van der Waals surface area contributed by atoms with Crippen molar-refractivity contribution in [1.29, 1.82) is 0 Å². The van der Waals surface area contributed by atoms with Crippen molar-refractivity contribution in [2.45, 2.75) is 132 Å². The smallest absolute Gasteiger partial charge is 0.320 e. The molecule has 0 atom stereocenters. The minimum atomic E-state index is -1.19. The van der Waals surface area contributed by atoms with Gasteiger partial charge in [0.05, 0.1) is 52.9 Å². The van der Waals surface area contributed by atoms with Crippen LogP contribution in [-0.2, 0) is 76.3 Å². The minimum absolute atomic E-state index is 0.0605. The molecule has 0 saturated heterocycles. The summed E-state index contributed by atoms with van der Waals surface area (Å²) in [5.41, 5.74) is -0.691. The zero-order chi connectivity index (χ0) is 43.2. The van der Waals surface area contributed by atoms with Crippen LogP contribution in [0.2, 0.25) is 0 Å². The van der Waals surface area contributed by atoms with Crippen molar-refractivity contribution in [3.63, 3.8) is 0 Å². The Hall–Kier alpha value is -4.24. The summed E-state index contributed by atoms with van der Waals surface area (Å²) in [6.45, 7) is 13.5. The van der Waals surface area contributed by atoms with Crippen LogP contribution in [0.3, 0.4) is 0 Å². The first-order valence-corrected chi connectivity index (χ1v) is 20.6. The van der Waals surface area contributed by atoms with Gasteiger partial charge in [0.25, 0.3) is 0 Å². The molecule has 57 heavy (non-hydrogen) atoms. The van der Waals surface area contributed by atoms with E-state index in [2.05, 4.69) is 0 Å². The number of carbonyl (C=O) groups excluding carboxylic acids is 8. The average Bonchev–Trinajstić information content (AvgIpc) is 3.15. The van der Waals surface area contributed by atoms with Crippen molar-refractivity contribution < 1.29 is 76.3 Å². The molecule has 16 nitrogen and oxygen atoms in total. The Morgan fingerprint density at radius 2 is 0.439 bits per heavy atom. The predicted molar refractivity (Wildman–Crippen MR) is 205 cm³/mol. The summed E-state index contributed by atoms with van der Waals surface area (Å²) < 4.78 is 41.4. The largest absolute Gasteiger partial charge is 0.465 e. The van der Waals surface area contributed by atoms with E-state index < -0.39 is 76.8 Å². The molecule has 0 fully saturated rings. The van der Waals surface area contributed by atoms with Crippen molar-refractivity contribution >= 4 is 47.8 Å². The number of rotatable bonds is 32. The number of esters is 8. The highest BCUT2D eigenvalue weighted by atomic mass is 16.6. The average molecular weight is 817 g/mol. The van der Waals surface area contributed by atoms with Gasteiger partial charge in [0.15, 0.2) is 23.7 Å². The highest BCUT2D eigenvalue weighted by molar-refractivity contribution is 5.96. The van der Waals surface area contributed by atoms with E-state index in [0.29, 0.717) is 51.4 Å². The number of ether oxygens (including phenoxy) is 8. The topological polar surface area (TPSA) is 210 Å². The summed E-state index contributed by atoms with van der Waals surface area (Å²) >= 11 is 0. The van der Waals surface area contributed by atoms with E-state index >= 15 is 0 Å². The quantitative estimate of drug-likeness (QED) is 0.0458. The lowest BCUT2D eigenvalue weighted by molar-refractivity contribution is -0.163. The SMILES string of the molecule is CCOC(=O)C(CCCC(CCCC(C(=O)OCC)C(=O)OCC)(CCCC(C(=O)OCC)C(=O)OCC)CCCC(C(=O)OCC)C(=O)OCC)C(=O)OCC. The maximum absolute atomic E-state index is 12.9. The third-order valence-corrected chi connectivity index (χ3v) is 9.37. The molecule has 0 bridgehead atoms. The Balaban J connectivity index is 6.99. The molecule has 0 radical (unpaired) electrons. The number of hydrogen-bond acceptors (Lipinski definition) is 16. The van der Waals surface area contributed by atoms with Crippen LogP contribution in [0.25, 0.3) is 0 Å². The van der Waals surface area contributed by atoms with E-state index in [1.54, 1.807) is 55.4 Å². The van der Waals surface area contributed by atoms with E-state index in [0.717, 1.165) is 0 Å². The van der Waals surface area contributed by atoms with Crippen LogP contribution in [0.4, 0.5) is 0 Å². The van der Waals surface area contributed by atoms with Gasteiger partial charge in [-0.3, -0.25) is 38.4 Å². The van der Waals surface area contributed by atoms with Gasteiger partial charge < -0.3 is 37.9 Å². The van der Waals surface area contributed by atoms with Crippen molar-refractivity contribution in [2.75, 3.05) is 52.9 Å². The lowest BCUT2D eigenvalue weighted by Crippen LogP contribution is -2.31. The van der Waals surface area contributed by atoms with Crippen molar-refractivity contribution in [3.8, 4) is 0 Å². The first-order valence-electron chi connectivity index (χ1n) is 20.6. The third-order valence-electron chi connectivity index (χ3n) is 9.37. The molecule has 16 heteroatoms. The zero-order valence-corrected chi connectivity index (χ0v) is 35.5. The summed E-state index contributed by atoms with van der Waals surface area (Å²) in [6, 6.07) is 0. The van der Waals surface area contributed by atoms with Gasteiger partial charge in [-0.15, -0.1) is 0 Å². The van der Waals surface area contributed by atoms with Crippen molar-refractivity contribution in [2.24, 2.45) is 29.1 Å². The van der Waals surface area contributed by atoms with Gasteiger partial charge in [-0.1, -0.05) is 25.7 Å². The summed E-state index contributed by atoms with van der Waals surface area (Å²) in [6.07, 6.45) is 3.15. The minimum Gasteiger partial charge on any atom is -0.465 e. The highest BCUT2D eigenvalue weighted by Gasteiger charge is 2.38. The summed E-state index contributed by atoms with van der Waals surface area (Å²) in [5, 5.41) is 0. The first kappa shape index (κ1) is 52.8. The van der Waals surface area contributed by atoms with Crippen LogP contribution in [0.15, 0.2) is 0 Å². The van der Waals surface area contributed by atoms with Crippen LogP contribution < -0.4 is 0 Å². The van der Waals surface area contributed by atoms with Crippen LogP contribution in [0, 0.1) is 29.1 Å². The Morgan fingerprint density at radius 1 is 0.298 bits per heavy atom. The van der Waals surface area contributed by atoms with Crippen molar-refractivity contribution in [3.05, 3.63) is 0 Å². The molecule has 0 saturated carbocycles. The molecule has 0 heterocycles. The van der Waals surface area contributed by atoms with Gasteiger partial charge >= 0.3 is 47.8 Å². The second-order valence-corrected chi connectivity index (χ2v) is 13.3. The Morgan fingerprint density at radius 3 is 0.561 bits per heavy atom. The second kappa shape index (κ2) is 30.8. The summed E-state index contributed by atoms with van der Waals surface area (Å²) in [4.78, 5) is 103. The van der Waals surface area contributed by atoms with E-state index in [9.17, 15) is 38.4 Å². The first-order chi connectivity index (χ1) is 27.3. The molecular weight excluding hydrogens is 748 g/mol. The lowest BCUT2D eigenvalue weighted by Gasteiger charge is -2.36. The molecule has 328 valence electrons. The molecule has 0 aliphatic heterocycles. The molecule has 0 amide bonds. The van der Waals surface area contributed by atoms with Gasteiger partial charge in [-0.2, -0.15) is 0 Å². The number of carbonyl (C=O) groups is 8. The van der Waals surface area contributed by atoms with Gasteiger partial charge in [0.2, 0.25) is 0 Å². The van der Waals surface area contributed by atoms with Gasteiger partial charge in [0, 0.05) is 0 Å². The predicted octanol–water partition coefficient (Wildman–Crippen LogP) is 5.62. The maximum Gasteiger partial charge on any atom is 0.320 e.